The number of halogens is 2. The fourth-order valence-electron chi connectivity index (χ4n) is 2.37. The molecular formula is C14H19Cl2N3OS2. The zero-order valence-electron chi connectivity index (χ0n) is 12.4. The molecule has 0 aromatic carbocycles. The van der Waals surface area contributed by atoms with Crippen LogP contribution >= 0.6 is 47.5 Å². The van der Waals surface area contributed by atoms with Crippen molar-refractivity contribution in [2.24, 2.45) is 0 Å². The Labute approximate surface area is 150 Å². The molecule has 0 saturated carbocycles. The van der Waals surface area contributed by atoms with E-state index < -0.39 is 0 Å². The Balaban J connectivity index is 0.00000121. The number of carbonyl (C=O) groups excluding carboxylic acids is 1. The Hall–Kier alpha value is -0.660. The Morgan fingerprint density at radius 2 is 2.23 bits per heavy atom. The van der Waals surface area contributed by atoms with Gasteiger partial charge in [-0.3, -0.25) is 4.79 Å². The summed E-state index contributed by atoms with van der Waals surface area (Å²) in [5, 5.41) is 6.29. The van der Waals surface area contributed by atoms with Gasteiger partial charge in [0.05, 0.1) is 10.6 Å². The minimum Gasteiger partial charge on any atom is -0.333 e. The lowest BCUT2D eigenvalue weighted by Gasteiger charge is -2.33. The molecule has 22 heavy (non-hydrogen) atoms. The molecule has 0 bridgehead atoms. The summed E-state index contributed by atoms with van der Waals surface area (Å²) in [7, 11) is 0. The summed E-state index contributed by atoms with van der Waals surface area (Å²) in [5.41, 5.74) is 0.842. The molecule has 1 fully saturated rings. The number of amides is 1. The van der Waals surface area contributed by atoms with E-state index in [-0.39, 0.29) is 36.8 Å². The van der Waals surface area contributed by atoms with Crippen molar-refractivity contribution in [1.29, 1.82) is 0 Å². The Bertz CT molecular complexity index is 616. The molecule has 3 heterocycles. The number of hydrogen-bond acceptors (Lipinski definition) is 5. The molecule has 2 aromatic heterocycles. The molecule has 4 nitrogen and oxygen atoms in total. The SMILES string of the molecule is Cc1nc(-c2cccs2)sc1C(=O)N1CCNCC1C.Cl.Cl. The number of piperazine rings is 1. The molecule has 1 N–H and O–H groups in total. The molecule has 1 unspecified atom stereocenters. The second-order valence-corrected chi connectivity index (χ2v) is 6.91. The van der Waals surface area contributed by atoms with Crippen LogP contribution in [0.2, 0.25) is 0 Å². The van der Waals surface area contributed by atoms with Gasteiger partial charge in [0.25, 0.3) is 5.91 Å². The Morgan fingerprint density at radius 1 is 1.45 bits per heavy atom. The van der Waals surface area contributed by atoms with Gasteiger partial charge in [-0.25, -0.2) is 4.98 Å². The van der Waals surface area contributed by atoms with Crippen molar-refractivity contribution in [3.8, 4) is 9.88 Å². The molecular weight excluding hydrogens is 361 g/mol. The van der Waals surface area contributed by atoms with E-state index in [1.54, 1.807) is 11.3 Å². The molecule has 1 amide bonds. The largest absolute Gasteiger partial charge is 0.333 e. The normalized spacial score (nSPS) is 17.5. The number of aryl methyl sites for hydroxylation is 1. The van der Waals surface area contributed by atoms with Crippen molar-refractivity contribution >= 4 is 53.4 Å². The number of nitrogens with zero attached hydrogens (tertiary/aromatic N) is 2. The van der Waals surface area contributed by atoms with Gasteiger partial charge in [0, 0.05) is 25.7 Å². The van der Waals surface area contributed by atoms with Crippen LogP contribution in [0.4, 0.5) is 0 Å². The summed E-state index contributed by atoms with van der Waals surface area (Å²) < 4.78 is 0. The second-order valence-electron chi connectivity index (χ2n) is 4.96. The van der Waals surface area contributed by atoms with Gasteiger partial charge in [-0.1, -0.05) is 6.07 Å². The van der Waals surface area contributed by atoms with Crippen LogP contribution in [0.1, 0.15) is 22.3 Å². The summed E-state index contributed by atoms with van der Waals surface area (Å²) in [5.74, 6) is 0.122. The molecule has 8 heteroatoms. The number of rotatable bonds is 2. The number of hydrogen-bond donors (Lipinski definition) is 1. The molecule has 1 saturated heterocycles. The van der Waals surface area contributed by atoms with E-state index in [9.17, 15) is 4.79 Å². The lowest BCUT2D eigenvalue weighted by molar-refractivity contribution is 0.0660. The van der Waals surface area contributed by atoms with Crippen molar-refractivity contribution in [3.63, 3.8) is 0 Å². The fraction of sp³-hybridized carbons (Fsp3) is 0.429. The quantitative estimate of drug-likeness (QED) is 0.868. The molecule has 1 aliphatic heterocycles. The van der Waals surface area contributed by atoms with E-state index in [1.807, 2.05) is 29.3 Å². The summed E-state index contributed by atoms with van der Waals surface area (Å²) in [6, 6.07) is 4.30. The van der Waals surface area contributed by atoms with Gasteiger partial charge in [0.15, 0.2) is 0 Å². The van der Waals surface area contributed by atoms with Crippen molar-refractivity contribution in [2.75, 3.05) is 19.6 Å². The lowest BCUT2D eigenvalue weighted by atomic mass is 10.2. The predicted octanol–water partition coefficient (Wildman–Crippen LogP) is 3.46. The number of aromatic nitrogens is 1. The average molecular weight is 380 g/mol. The maximum Gasteiger partial charge on any atom is 0.266 e. The molecule has 1 atom stereocenters. The van der Waals surface area contributed by atoms with Gasteiger partial charge in [0.1, 0.15) is 9.88 Å². The lowest BCUT2D eigenvalue weighted by Crippen LogP contribution is -2.52. The van der Waals surface area contributed by atoms with Gasteiger partial charge in [-0.2, -0.15) is 0 Å². The highest BCUT2D eigenvalue weighted by molar-refractivity contribution is 7.22. The molecule has 3 rings (SSSR count). The summed E-state index contributed by atoms with van der Waals surface area (Å²) >= 11 is 3.17. The summed E-state index contributed by atoms with van der Waals surface area (Å²) in [6.07, 6.45) is 0. The number of thiazole rings is 1. The third-order valence-corrected chi connectivity index (χ3v) is 5.67. The molecule has 0 radical (unpaired) electrons. The average Bonchev–Trinajstić information content (AvgIpc) is 3.07. The maximum atomic E-state index is 12.7. The third-order valence-electron chi connectivity index (χ3n) is 3.48. The second kappa shape index (κ2) is 8.26. The highest BCUT2D eigenvalue weighted by Gasteiger charge is 2.27. The third kappa shape index (κ3) is 3.81. The zero-order valence-corrected chi connectivity index (χ0v) is 15.6. The highest BCUT2D eigenvalue weighted by Crippen LogP contribution is 2.32. The molecule has 0 aliphatic carbocycles. The molecule has 0 spiro atoms. The first-order chi connectivity index (χ1) is 9.66. The number of carbonyl (C=O) groups is 1. The van der Waals surface area contributed by atoms with Crippen molar-refractivity contribution < 1.29 is 4.79 Å². The fourth-order valence-corrected chi connectivity index (χ4v) is 4.19. The topological polar surface area (TPSA) is 45.2 Å². The van der Waals surface area contributed by atoms with Crippen molar-refractivity contribution in [1.82, 2.24) is 15.2 Å². The van der Waals surface area contributed by atoms with Crippen LogP contribution in [-0.2, 0) is 0 Å². The van der Waals surface area contributed by atoms with E-state index in [0.717, 1.165) is 40.1 Å². The highest BCUT2D eigenvalue weighted by atomic mass is 35.5. The smallest absolute Gasteiger partial charge is 0.266 e. The van der Waals surface area contributed by atoms with Crippen LogP contribution in [0, 0.1) is 6.92 Å². The molecule has 122 valence electrons. The van der Waals surface area contributed by atoms with Crippen LogP contribution in [0.3, 0.4) is 0 Å². The van der Waals surface area contributed by atoms with Gasteiger partial charge >= 0.3 is 0 Å². The van der Waals surface area contributed by atoms with Gasteiger partial charge in [-0.15, -0.1) is 47.5 Å². The minimum absolute atomic E-state index is 0. The Kier molecular flexibility index (Phi) is 7.28. The zero-order chi connectivity index (χ0) is 14.1. The van der Waals surface area contributed by atoms with Crippen LogP contribution in [-0.4, -0.2) is 41.5 Å². The minimum atomic E-state index is 0. The predicted molar refractivity (Wildman–Crippen MR) is 98.0 cm³/mol. The van der Waals surface area contributed by atoms with Crippen LogP contribution < -0.4 is 5.32 Å². The number of thiophene rings is 1. The summed E-state index contributed by atoms with van der Waals surface area (Å²) in [4.78, 5) is 21.1. The monoisotopic (exact) mass is 379 g/mol. The standard InChI is InChI=1S/C14H17N3OS2.2ClH/c1-9-8-15-5-6-17(9)14(18)12-10(2)16-13(20-12)11-4-3-7-19-11;;/h3-4,7,9,15H,5-6,8H2,1-2H3;2*1H. The van der Waals surface area contributed by atoms with Gasteiger partial charge in [0.2, 0.25) is 0 Å². The van der Waals surface area contributed by atoms with Crippen molar-refractivity contribution in [2.45, 2.75) is 19.9 Å². The van der Waals surface area contributed by atoms with Gasteiger partial charge in [-0.05, 0) is 25.3 Å². The maximum absolute atomic E-state index is 12.7. The van der Waals surface area contributed by atoms with E-state index in [1.165, 1.54) is 11.3 Å². The number of nitrogens with one attached hydrogen (secondary N) is 1. The van der Waals surface area contributed by atoms with Crippen LogP contribution in [0.25, 0.3) is 9.88 Å². The molecule has 2 aromatic rings. The van der Waals surface area contributed by atoms with E-state index in [4.69, 9.17) is 0 Å². The van der Waals surface area contributed by atoms with Crippen LogP contribution in [0.15, 0.2) is 17.5 Å². The first kappa shape index (κ1) is 19.4. The van der Waals surface area contributed by atoms with Gasteiger partial charge < -0.3 is 10.2 Å². The first-order valence-electron chi connectivity index (χ1n) is 6.70. The van der Waals surface area contributed by atoms with E-state index in [2.05, 4.69) is 17.2 Å². The van der Waals surface area contributed by atoms with E-state index >= 15 is 0 Å². The Morgan fingerprint density at radius 3 is 2.86 bits per heavy atom. The summed E-state index contributed by atoms with van der Waals surface area (Å²) in [6.45, 7) is 6.51. The van der Waals surface area contributed by atoms with Crippen LogP contribution in [0.5, 0.6) is 0 Å². The first-order valence-corrected chi connectivity index (χ1v) is 8.39. The van der Waals surface area contributed by atoms with E-state index in [0.29, 0.717) is 0 Å². The van der Waals surface area contributed by atoms with Crippen molar-refractivity contribution in [3.05, 3.63) is 28.1 Å². The molecule has 1 aliphatic rings.